The molecule has 2 aliphatic heterocycles. The molecule has 0 spiro atoms. The van der Waals surface area contributed by atoms with Crippen molar-refractivity contribution in [2.75, 3.05) is 38.2 Å². The van der Waals surface area contributed by atoms with Crippen molar-refractivity contribution >= 4 is 30.0 Å². The summed E-state index contributed by atoms with van der Waals surface area (Å²) in [5, 5.41) is 19.7. The number of aromatic nitrogens is 2. The van der Waals surface area contributed by atoms with Gasteiger partial charge in [0.15, 0.2) is 0 Å². The van der Waals surface area contributed by atoms with E-state index in [0.717, 1.165) is 61.9 Å². The summed E-state index contributed by atoms with van der Waals surface area (Å²) >= 11 is 1.55. The number of thioether (sulfide) groups is 1. The van der Waals surface area contributed by atoms with E-state index < -0.39 is 17.7 Å². The number of nitrogens with zero attached hydrogens (tertiary/aromatic N) is 5. The predicted molar refractivity (Wildman–Crippen MR) is 163 cm³/mol. The van der Waals surface area contributed by atoms with Gasteiger partial charge in [0, 0.05) is 38.1 Å². The molecular weight excluding hydrogens is 554 g/mol. The van der Waals surface area contributed by atoms with Gasteiger partial charge in [0.2, 0.25) is 12.3 Å². The Bertz CT molecular complexity index is 1210. The first kappa shape index (κ1) is 33.1. The Kier molecular flexibility index (Phi) is 12.8. The second-order valence-corrected chi connectivity index (χ2v) is 12.0. The smallest absolute Gasteiger partial charge is 0.326 e. The van der Waals surface area contributed by atoms with Crippen molar-refractivity contribution in [3.8, 4) is 6.07 Å². The minimum Gasteiger partial charge on any atom is -0.480 e. The van der Waals surface area contributed by atoms with Gasteiger partial charge in [0.25, 0.3) is 0 Å². The molecule has 11 nitrogen and oxygen atoms in total. The third-order valence-electron chi connectivity index (χ3n) is 8.02. The van der Waals surface area contributed by atoms with E-state index in [0.29, 0.717) is 31.4 Å². The van der Waals surface area contributed by atoms with E-state index in [2.05, 4.69) is 28.2 Å². The standard InChI is InChI=1S/C24H32N6O.C6H11NO3S/c1-2-19-8-11-28(15-19)17-24(26)9-3-10-30(24)23(31)12-22-14-27-18-29(22)16-21-6-4-20(13-25)5-7-21;1-11-3-2-5(6(9)10)7-4-8/h4-7,14,18-19H,2-3,8-12,15-17,26H2,1H3;4-5H,2-3H2,1H3,(H,7,8)(H,9,10)/t19?,24-;/m1./s1. The number of benzene rings is 1. The number of nitriles is 1. The van der Waals surface area contributed by atoms with Gasteiger partial charge in [-0.3, -0.25) is 14.5 Å². The molecule has 2 fully saturated rings. The molecule has 2 saturated heterocycles. The summed E-state index contributed by atoms with van der Waals surface area (Å²) in [6, 6.07) is 8.90. The Hall–Kier alpha value is -3.40. The number of carboxylic acid groups (broad SMARTS) is 1. The molecule has 42 heavy (non-hydrogen) atoms. The zero-order valence-corrected chi connectivity index (χ0v) is 25.4. The fourth-order valence-corrected chi connectivity index (χ4v) is 6.05. The Morgan fingerprint density at radius 3 is 2.71 bits per heavy atom. The molecule has 3 atom stereocenters. The topological polar surface area (TPSA) is 158 Å². The van der Waals surface area contributed by atoms with Gasteiger partial charge in [0.1, 0.15) is 11.7 Å². The molecule has 2 aliphatic rings. The van der Waals surface area contributed by atoms with Gasteiger partial charge >= 0.3 is 5.97 Å². The number of carbonyl (C=O) groups excluding carboxylic acids is 2. The molecule has 0 radical (unpaired) electrons. The zero-order valence-electron chi connectivity index (χ0n) is 24.6. The summed E-state index contributed by atoms with van der Waals surface area (Å²) < 4.78 is 2.00. The van der Waals surface area contributed by atoms with Crippen LogP contribution in [-0.2, 0) is 27.3 Å². The van der Waals surface area contributed by atoms with Crippen LogP contribution in [0.1, 0.15) is 55.8 Å². The van der Waals surface area contributed by atoms with Gasteiger partial charge < -0.3 is 25.6 Å². The fourth-order valence-electron chi connectivity index (χ4n) is 5.58. The maximum absolute atomic E-state index is 13.3. The van der Waals surface area contributed by atoms with Crippen LogP contribution in [0.4, 0.5) is 0 Å². The quantitative estimate of drug-likeness (QED) is 0.295. The van der Waals surface area contributed by atoms with Crippen LogP contribution in [0.25, 0.3) is 0 Å². The molecule has 0 aliphatic carbocycles. The average Bonchev–Trinajstić information content (AvgIpc) is 3.72. The summed E-state index contributed by atoms with van der Waals surface area (Å²) in [4.78, 5) is 42.1. The van der Waals surface area contributed by atoms with Crippen LogP contribution in [-0.4, -0.2) is 92.6 Å². The number of nitrogens with one attached hydrogen (secondary N) is 1. The highest BCUT2D eigenvalue weighted by Crippen LogP contribution is 2.29. The van der Waals surface area contributed by atoms with Crippen molar-refractivity contribution in [2.45, 2.75) is 63.7 Å². The van der Waals surface area contributed by atoms with Crippen LogP contribution in [0.2, 0.25) is 0 Å². The van der Waals surface area contributed by atoms with Crippen LogP contribution >= 0.6 is 11.8 Å². The van der Waals surface area contributed by atoms with E-state index in [1.807, 2.05) is 40.0 Å². The second-order valence-electron chi connectivity index (χ2n) is 11.0. The summed E-state index contributed by atoms with van der Waals surface area (Å²) in [6.07, 6.45) is 10.8. The van der Waals surface area contributed by atoms with Crippen LogP contribution < -0.4 is 11.1 Å². The number of aliphatic carboxylic acids is 1. The largest absolute Gasteiger partial charge is 0.480 e. The number of carbonyl (C=O) groups is 3. The molecule has 4 N–H and O–H groups in total. The molecule has 1 aromatic heterocycles. The number of likely N-dealkylation sites (tertiary alicyclic amines) is 2. The first-order chi connectivity index (χ1) is 20.2. The molecule has 2 unspecified atom stereocenters. The highest BCUT2D eigenvalue weighted by atomic mass is 32.2. The molecule has 12 heteroatoms. The van der Waals surface area contributed by atoms with Crippen molar-refractivity contribution in [3.05, 3.63) is 53.6 Å². The lowest BCUT2D eigenvalue weighted by atomic mass is 10.1. The van der Waals surface area contributed by atoms with Crippen LogP contribution in [0.5, 0.6) is 0 Å². The Morgan fingerprint density at radius 1 is 1.33 bits per heavy atom. The van der Waals surface area contributed by atoms with Crippen molar-refractivity contribution < 1.29 is 19.5 Å². The number of carboxylic acids is 1. The van der Waals surface area contributed by atoms with E-state index >= 15 is 0 Å². The van der Waals surface area contributed by atoms with Crippen molar-refractivity contribution in [2.24, 2.45) is 11.7 Å². The van der Waals surface area contributed by atoms with Gasteiger partial charge in [-0.25, -0.2) is 9.78 Å². The molecule has 0 saturated carbocycles. The summed E-state index contributed by atoms with van der Waals surface area (Å²) in [5.74, 6) is 0.586. The van der Waals surface area contributed by atoms with Gasteiger partial charge in [-0.05, 0) is 67.9 Å². The van der Waals surface area contributed by atoms with Gasteiger partial charge in [-0.15, -0.1) is 0 Å². The van der Waals surface area contributed by atoms with Gasteiger partial charge in [-0.2, -0.15) is 17.0 Å². The van der Waals surface area contributed by atoms with E-state index in [9.17, 15) is 14.4 Å². The lowest BCUT2D eigenvalue weighted by Crippen LogP contribution is -2.60. The minimum absolute atomic E-state index is 0.0767. The number of imidazole rings is 1. The highest BCUT2D eigenvalue weighted by molar-refractivity contribution is 7.98. The Labute approximate surface area is 252 Å². The lowest BCUT2D eigenvalue weighted by molar-refractivity contribution is -0.140. The second kappa shape index (κ2) is 16.3. The molecule has 3 heterocycles. The van der Waals surface area contributed by atoms with Crippen LogP contribution in [0, 0.1) is 17.2 Å². The monoisotopic (exact) mass is 597 g/mol. The van der Waals surface area contributed by atoms with E-state index in [-0.39, 0.29) is 5.91 Å². The zero-order chi connectivity index (χ0) is 30.5. The van der Waals surface area contributed by atoms with Crippen molar-refractivity contribution in [1.29, 1.82) is 5.26 Å². The number of nitrogens with two attached hydrogens (primary N) is 1. The van der Waals surface area contributed by atoms with Gasteiger partial charge in [-0.1, -0.05) is 25.5 Å². The average molecular weight is 598 g/mol. The van der Waals surface area contributed by atoms with E-state index in [1.54, 1.807) is 24.3 Å². The number of rotatable bonds is 13. The molecule has 2 amide bonds. The summed E-state index contributed by atoms with van der Waals surface area (Å²) in [5.41, 5.74) is 8.83. The van der Waals surface area contributed by atoms with E-state index in [1.165, 1.54) is 12.8 Å². The van der Waals surface area contributed by atoms with Crippen LogP contribution in [0.15, 0.2) is 36.8 Å². The number of hydrogen-bond donors (Lipinski definition) is 3. The summed E-state index contributed by atoms with van der Waals surface area (Å²) in [7, 11) is 0. The SMILES string of the molecule is CCC1CCN(C[C@@]2(N)CCCN2C(=O)Cc2cncn2Cc2ccc(C#N)cc2)C1.CSCCC(NC=O)C(=O)O. The highest BCUT2D eigenvalue weighted by Gasteiger charge is 2.42. The number of amides is 2. The molecule has 228 valence electrons. The molecule has 2 aromatic rings. The summed E-state index contributed by atoms with van der Waals surface area (Å²) in [6.45, 7) is 6.53. The Balaban J connectivity index is 0.000000375. The Morgan fingerprint density at radius 2 is 2.10 bits per heavy atom. The minimum atomic E-state index is -0.980. The van der Waals surface area contributed by atoms with E-state index in [4.69, 9.17) is 16.1 Å². The van der Waals surface area contributed by atoms with Gasteiger partial charge in [0.05, 0.1) is 24.4 Å². The van der Waals surface area contributed by atoms with Crippen molar-refractivity contribution in [1.82, 2.24) is 24.7 Å². The van der Waals surface area contributed by atoms with Crippen molar-refractivity contribution in [3.63, 3.8) is 0 Å². The normalized spacial score (nSPS) is 20.8. The third kappa shape index (κ3) is 9.31. The third-order valence-corrected chi connectivity index (χ3v) is 8.66. The molecule has 4 rings (SSSR count). The maximum atomic E-state index is 13.3. The molecule has 0 bridgehead atoms. The fraction of sp³-hybridized carbons (Fsp3) is 0.567. The lowest BCUT2D eigenvalue weighted by Gasteiger charge is -2.38. The van der Waals surface area contributed by atoms with Crippen LogP contribution in [0.3, 0.4) is 0 Å². The first-order valence-electron chi connectivity index (χ1n) is 14.4. The molecular formula is C30H43N7O4S. The number of hydrogen-bond acceptors (Lipinski definition) is 8. The predicted octanol–water partition coefficient (Wildman–Crippen LogP) is 2.29. The first-order valence-corrected chi connectivity index (χ1v) is 15.8. The maximum Gasteiger partial charge on any atom is 0.326 e. The molecule has 1 aromatic carbocycles.